The number of rotatable bonds is 6. The van der Waals surface area contributed by atoms with Crippen molar-refractivity contribution < 1.29 is 9.53 Å². The Morgan fingerprint density at radius 2 is 1.79 bits per heavy atom. The number of para-hydroxylation sites is 1. The van der Waals surface area contributed by atoms with Crippen LogP contribution in [-0.4, -0.2) is 5.91 Å². The van der Waals surface area contributed by atoms with Gasteiger partial charge in [-0.25, -0.2) is 0 Å². The van der Waals surface area contributed by atoms with E-state index in [1.807, 2.05) is 86.6 Å². The molecular formula is C25H22N2O2. The van der Waals surface area contributed by atoms with E-state index in [1.54, 1.807) is 6.08 Å². The molecule has 0 spiro atoms. The minimum absolute atomic E-state index is 0.0432. The van der Waals surface area contributed by atoms with Crippen LogP contribution in [0.2, 0.25) is 0 Å². The second kappa shape index (κ2) is 9.38. The fourth-order valence-corrected chi connectivity index (χ4v) is 2.85. The van der Waals surface area contributed by atoms with E-state index >= 15 is 0 Å². The monoisotopic (exact) mass is 382 g/mol. The average molecular weight is 382 g/mol. The van der Waals surface area contributed by atoms with Crippen molar-refractivity contribution >= 4 is 17.7 Å². The van der Waals surface area contributed by atoms with Gasteiger partial charge in [-0.1, -0.05) is 60.2 Å². The zero-order valence-corrected chi connectivity index (χ0v) is 16.5. The van der Waals surface area contributed by atoms with Crippen molar-refractivity contribution in [2.24, 2.45) is 0 Å². The summed E-state index contributed by atoms with van der Waals surface area (Å²) in [5.41, 5.74) is 4.73. The molecule has 3 aromatic carbocycles. The number of anilines is 1. The first-order chi connectivity index (χ1) is 14.0. The summed E-state index contributed by atoms with van der Waals surface area (Å²) in [6.07, 6.45) is 1.57. The number of nitrogens with one attached hydrogen (secondary N) is 1. The Kier molecular flexibility index (Phi) is 6.44. The van der Waals surface area contributed by atoms with Crippen LogP contribution in [0.15, 0.2) is 78.4 Å². The number of ether oxygens (including phenoxy) is 1. The molecule has 0 saturated carbocycles. The molecule has 4 heteroatoms. The highest BCUT2D eigenvalue weighted by molar-refractivity contribution is 6.09. The molecule has 1 N–H and O–H groups in total. The Morgan fingerprint density at radius 3 is 2.48 bits per heavy atom. The van der Waals surface area contributed by atoms with E-state index in [0.717, 1.165) is 22.4 Å². The molecule has 0 radical (unpaired) electrons. The lowest BCUT2D eigenvalue weighted by molar-refractivity contribution is -0.112. The summed E-state index contributed by atoms with van der Waals surface area (Å²) in [6.45, 7) is 4.44. The number of hydrogen-bond donors (Lipinski definition) is 1. The fourth-order valence-electron chi connectivity index (χ4n) is 2.85. The predicted molar refractivity (Wildman–Crippen MR) is 115 cm³/mol. The summed E-state index contributed by atoms with van der Waals surface area (Å²) in [4.78, 5) is 12.4. The molecule has 0 aliphatic rings. The third kappa shape index (κ3) is 5.57. The summed E-state index contributed by atoms with van der Waals surface area (Å²) in [7, 11) is 0. The van der Waals surface area contributed by atoms with Crippen LogP contribution in [0.5, 0.6) is 5.75 Å². The second-order valence-corrected chi connectivity index (χ2v) is 6.79. The van der Waals surface area contributed by atoms with E-state index in [4.69, 9.17) is 4.74 Å². The maximum absolute atomic E-state index is 12.4. The molecule has 0 fully saturated rings. The summed E-state index contributed by atoms with van der Waals surface area (Å²) in [5, 5.41) is 12.2. The largest absolute Gasteiger partial charge is 0.489 e. The fraction of sp³-hybridized carbons (Fsp3) is 0.120. The molecule has 0 heterocycles. The van der Waals surface area contributed by atoms with Crippen molar-refractivity contribution in [3.05, 3.63) is 101 Å². The van der Waals surface area contributed by atoms with Crippen LogP contribution in [0.3, 0.4) is 0 Å². The van der Waals surface area contributed by atoms with Crippen LogP contribution in [0.4, 0.5) is 5.69 Å². The number of carbonyl (C=O) groups excluding carboxylic acids is 1. The number of aryl methyl sites for hydroxylation is 2. The number of hydrogen-bond acceptors (Lipinski definition) is 3. The first-order valence-corrected chi connectivity index (χ1v) is 9.32. The maximum Gasteiger partial charge on any atom is 0.266 e. The second-order valence-electron chi connectivity index (χ2n) is 6.79. The molecule has 1 amide bonds. The molecule has 0 aliphatic carbocycles. The van der Waals surface area contributed by atoms with Gasteiger partial charge in [0.1, 0.15) is 24.0 Å². The molecule has 0 atom stereocenters. The Balaban J connectivity index is 1.66. The maximum atomic E-state index is 12.4. The van der Waals surface area contributed by atoms with Crippen molar-refractivity contribution in [2.45, 2.75) is 20.5 Å². The highest BCUT2D eigenvalue weighted by Gasteiger charge is 2.10. The van der Waals surface area contributed by atoms with E-state index in [2.05, 4.69) is 11.4 Å². The topological polar surface area (TPSA) is 62.1 Å². The molecule has 144 valence electrons. The van der Waals surface area contributed by atoms with Gasteiger partial charge in [0.05, 0.1) is 0 Å². The lowest BCUT2D eigenvalue weighted by Gasteiger charge is -2.08. The van der Waals surface area contributed by atoms with E-state index < -0.39 is 5.91 Å². The zero-order valence-electron chi connectivity index (χ0n) is 16.5. The van der Waals surface area contributed by atoms with Gasteiger partial charge in [-0.3, -0.25) is 4.79 Å². The van der Waals surface area contributed by atoms with E-state index in [0.29, 0.717) is 12.3 Å². The third-order valence-corrected chi connectivity index (χ3v) is 4.44. The number of carbonyl (C=O) groups is 1. The number of nitriles is 1. The van der Waals surface area contributed by atoms with Crippen LogP contribution in [0, 0.1) is 25.2 Å². The van der Waals surface area contributed by atoms with Crippen LogP contribution < -0.4 is 10.1 Å². The SMILES string of the molecule is Cc1cccc(COc2ccc(/C=C(/C#N)C(=O)Nc3ccccc3C)cc2)c1. The van der Waals surface area contributed by atoms with Crippen molar-refractivity contribution in [3.63, 3.8) is 0 Å². The van der Waals surface area contributed by atoms with E-state index in [1.165, 1.54) is 5.56 Å². The van der Waals surface area contributed by atoms with Crippen molar-refractivity contribution in [2.75, 3.05) is 5.32 Å². The first kappa shape index (κ1) is 19.9. The molecule has 0 saturated heterocycles. The summed E-state index contributed by atoms with van der Waals surface area (Å²) in [6, 6.07) is 24.9. The molecular weight excluding hydrogens is 360 g/mol. The van der Waals surface area contributed by atoms with Crippen LogP contribution >= 0.6 is 0 Å². The van der Waals surface area contributed by atoms with Gasteiger partial charge in [-0.15, -0.1) is 0 Å². The number of benzene rings is 3. The van der Waals surface area contributed by atoms with Crippen molar-refractivity contribution in [3.8, 4) is 11.8 Å². The third-order valence-electron chi connectivity index (χ3n) is 4.44. The Labute approximate surface area is 171 Å². The molecule has 3 rings (SSSR count). The lowest BCUT2D eigenvalue weighted by Crippen LogP contribution is -2.14. The normalized spacial score (nSPS) is 10.9. The molecule has 0 aliphatic heterocycles. The van der Waals surface area contributed by atoms with Gasteiger partial charge in [-0.05, 0) is 54.8 Å². The van der Waals surface area contributed by atoms with Crippen molar-refractivity contribution in [1.82, 2.24) is 0 Å². The predicted octanol–water partition coefficient (Wildman–Crippen LogP) is 5.43. The lowest BCUT2D eigenvalue weighted by atomic mass is 10.1. The van der Waals surface area contributed by atoms with Gasteiger partial charge in [0.15, 0.2) is 0 Å². The quantitative estimate of drug-likeness (QED) is 0.457. The highest BCUT2D eigenvalue weighted by Crippen LogP contribution is 2.18. The minimum Gasteiger partial charge on any atom is -0.489 e. The van der Waals surface area contributed by atoms with Crippen LogP contribution in [0.1, 0.15) is 22.3 Å². The number of amides is 1. The zero-order chi connectivity index (χ0) is 20.6. The Bertz CT molecular complexity index is 1080. The molecule has 0 bridgehead atoms. The van der Waals surface area contributed by atoms with Gasteiger partial charge in [0.25, 0.3) is 5.91 Å². The summed E-state index contributed by atoms with van der Waals surface area (Å²) in [5.74, 6) is 0.299. The highest BCUT2D eigenvalue weighted by atomic mass is 16.5. The molecule has 0 unspecified atom stereocenters. The van der Waals surface area contributed by atoms with Crippen molar-refractivity contribution in [1.29, 1.82) is 5.26 Å². The average Bonchev–Trinajstić information content (AvgIpc) is 2.73. The molecule has 0 aromatic heterocycles. The Morgan fingerprint density at radius 1 is 1.03 bits per heavy atom. The molecule has 3 aromatic rings. The van der Waals surface area contributed by atoms with E-state index in [9.17, 15) is 10.1 Å². The molecule has 4 nitrogen and oxygen atoms in total. The number of nitrogens with zero attached hydrogens (tertiary/aromatic N) is 1. The van der Waals surface area contributed by atoms with Crippen LogP contribution in [0.25, 0.3) is 6.08 Å². The van der Waals surface area contributed by atoms with Gasteiger partial charge in [0.2, 0.25) is 0 Å². The smallest absolute Gasteiger partial charge is 0.266 e. The van der Waals surface area contributed by atoms with Crippen LogP contribution in [-0.2, 0) is 11.4 Å². The molecule has 29 heavy (non-hydrogen) atoms. The van der Waals surface area contributed by atoms with Gasteiger partial charge in [0, 0.05) is 5.69 Å². The van der Waals surface area contributed by atoms with Gasteiger partial charge < -0.3 is 10.1 Å². The standard InChI is InChI=1S/C25H22N2O2/c1-18-6-5-8-21(14-18)17-29-23-12-10-20(11-13-23)15-22(16-26)25(28)27-24-9-4-3-7-19(24)2/h3-15H,17H2,1-2H3,(H,27,28)/b22-15-. The summed E-state index contributed by atoms with van der Waals surface area (Å²) >= 11 is 0. The van der Waals surface area contributed by atoms with E-state index in [-0.39, 0.29) is 5.57 Å². The first-order valence-electron chi connectivity index (χ1n) is 9.32. The Hall–Kier alpha value is -3.84. The van der Waals surface area contributed by atoms with Gasteiger partial charge in [-0.2, -0.15) is 5.26 Å². The summed E-state index contributed by atoms with van der Waals surface area (Å²) < 4.78 is 5.81. The minimum atomic E-state index is -0.429. The van der Waals surface area contributed by atoms with Gasteiger partial charge >= 0.3 is 0 Å².